The molecule has 0 spiro atoms. The van der Waals surface area contributed by atoms with Crippen LogP contribution < -0.4 is 14.9 Å². The zero-order valence-electron chi connectivity index (χ0n) is 20.4. The Morgan fingerprint density at radius 2 is 1.91 bits per heavy atom. The number of ether oxygens (including phenoxy) is 1. The van der Waals surface area contributed by atoms with Crippen molar-refractivity contribution in [3.63, 3.8) is 0 Å². The van der Waals surface area contributed by atoms with Gasteiger partial charge in [0.15, 0.2) is 4.80 Å². The monoisotopic (exact) mass is 494 g/mol. The molecule has 1 aliphatic rings. The highest BCUT2D eigenvalue weighted by Crippen LogP contribution is 2.33. The molecule has 0 bridgehead atoms. The topological polar surface area (TPSA) is 60.7 Å². The summed E-state index contributed by atoms with van der Waals surface area (Å²) in [7, 11) is 0. The summed E-state index contributed by atoms with van der Waals surface area (Å²) in [6.07, 6.45) is 1.90. The van der Waals surface area contributed by atoms with E-state index in [1.807, 2.05) is 56.5 Å². The van der Waals surface area contributed by atoms with Crippen LogP contribution in [0, 0.1) is 5.92 Å². The van der Waals surface area contributed by atoms with Gasteiger partial charge in [0, 0.05) is 4.88 Å². The summed E-state index contributed by atoms with van der Waals surface area (Å²) < 4.78 is 7.80. The van der Waals surface area contributed by atoms with Gasteiger partial charge in [-0.15, -0.1) is 11.3 Å². The van der Waals surface area contributed by atoms with Crippen molar-refractivity contribution in [2.24, 2.45) is 10.9 Å². The maximum atomic E-state index is 13.6. The van der Waals surface area contributed by atoms with Crippen LogP contribution in [0.1, 0.15) is 63.6 Å². The molecule has 0 fully saturated rings. The number of fused-ring (bicyclic) bond motifs is 1. The van der Waals surface area contributed by atoms with Gasteiger partial charge in [0.25, 0.3) is 5.56 Å². The molecule has 3 heterocycles. The van der Waals surface area contributed by atoms with E-state index in [4.69, 9.17) is 4.74 Å². The van der Waals surface area contributed by atoms with E-state index >= 15 is 0 Å². The van der Waals surface area contributed by atoms with Crippen LogP contribution in [0.5, 0.6) is 0 Å². The minimum absolute atomic E-state index is 0.0662. The highest BCUT2D eigenvalue weighted by atomic mass is 32.1. The van der Waals surface area contributed by atoms with E-state index in [0.29, 0.717) is 27.2 Å². The van der Waals surface area contributed by atoms with Gasteiger partial charge in [-0.2, -0.15) is 0 Å². The molecule has 1 unspecified atom stereocenters. The molecular formula is C27H30N2O3S2. The van der Waals surface area contributed by atoms with Gasteiger partial charge in [-0.1, -0.05) is 76.3 Å². The van der Waals surface area contributed by atoms with Crippen molar-refractivity contribution in [2.75, 3.05) is 6.61 Å². The van der Waals surface area contributed by atoms with Crippen LogP contribution in [0.3, 0.4) is 0 Å². The van der Waals surface area contributed by atoms with E-state index in [2.05, 4.69) is 37.9 Å². The van der Waals surface area contributed by atoms with Crippen LogP contribution in [0.25, 0.3) is 6.08 Å². The first kappa shape index (κ1) is 24.4. The number of hydrogen-bond donors (Lipinski definition) is 0. The third kappa shape index (κ3) is 4.86. The van der Waals surface area contributed by atoms with E-state index < -0.39 is 12.0 Å². The lowest BCUT2D eigenvalue weighted by Crippen LogP contribution is -2.39. The average molecular weight is 495 g/mol. The smallest absolute Gasteiger partial charge is 0.338 e. The molecule has 1 atom stereocenters. The molecule has 4 rings (SSSR count). The SMILES string of the molecule is CC1=C(C(=O)OCC(C)C)C(c2cccs2)n2c(sc(=Cc3ccc(C(C)(C)C)cc3)c2=O)=N1. The van der Waals surface area contributed by atoms with Gasteiger partial charge in [-0.25, -0.2) is 9.79 Å². The van der Waals surface area contributed by atoms with Gasteiger partial charge in [-0.3, -0.25) is 9.36 Å². The lowest BCUT2D eigenvalue weighted by molar-refractivity contribution is -0.140. The predicted octanol–water partition coefficient (Wildman–Crippen LogP) is 4.79. The van der Waals surface area contributed by atoms with Crippen molar-refractivity contribution in [3.8, 4) is 0 Å². The van der Waals surface area contributed by atoms with Crippen molar-refractivity contribution in [3.05, 3.63) is 88.7 Å². The molecule has 1 aromatic carbocycles. The summed E-state index contributed by atoms with van der Waals surface area (Å²) >= 11 is 2.87. The molecule has 0 aliphatic carbocycles. The predicted molar refractivity (Wildman–Crippen MR) is 139 cm³/mol. The number of allylic oxidation sites excluding steroid dienone is 1. The number of thiophene rings is 1. The highest BCUT2D eigenvalue weighted by molar-refractivity contribution is 7.10. The molecule has 2 aromatic heterocycles. The number of esters is 1. The third-order valence-corrected chi connectivity index (χ3v) is 7.58. The Labute approximate surface area is 207 Å². The minimum Gasteiger partial charge on any atom is -0.462 e. The number of thiazole rings is 1. The van der Waals surface area contributed by atoms with Gasteiger partial charge in [0.05, 0.1) is 22.4 Å². The molecule has 178 valence electrons. The number of hydrogen-bond acceptors (Lipinski definition) is 6. The fourth-order valence-corrected chi connectivity index (χ4v) is 5.72. The summed E-state index contributed by atoms with van der Waals surface area (Å²) in [5, 5.41) is 1.95. The van der Waals surface area contributed by atoms with Crippen molar-refractivity contribution in [1.82, 2.24) is 4.57 Å². The number of carbonyl (C=O) groups excluding carboxylic acids is 1. The van der Waals surface area contributed by atoms with Crippen LogP contribution in [0.2, 0.25) is 0 Å². The molecule has 0 amide bonds. The van der Waals surface area contributed by atoms with E-state index in [-0.39, 0.29) is 16.9 Å². The van der Waals surface area contributed by atoms with E-state index in [1.54, 1.807) is 4.57 Å². The van der Waals surface area contributed by atoms with Gasteiger partial charge in [0.1, 0.15) is 6.04 Å². The fourth-order valence-electron chi connectivity index (χ4n) is 3.85. The van der Waals surface area contributed by atoms with Crippen LogP contribution in [0.15, 0.2) is 62.8 Å². The Morgan fingerprint density at radius 1 is 1.21 bits per heavy atom. The van der Waals surface area contributed by atoms with Gasteiger partial charge in [0.2, 0.25) is 0 Å². The Bertz CT molecular complexity index is 1400. The van der Waals surface area contributed by atoms with Crippen molar-refractivity contribution in [2.45, 2.75) is 53.0 Å². The van der Waals surface area contributed by atoms with Crippen LogP contribution in [0.4, 0.5) is 0 Å². The number of rotatable bonds is 5. The maximum absolute atomic E-state index is 13.6. The molecule has 0 radical (unpaired) electrons. The van der Waals surface area contributed by atoms with Gasteiger partial charge < -0.3 is 4.74 Å². The first-order valence-electron chi connectivity index (χ1n) is 11.4. The normalized spacial score (nSPS) is 16.6. The molecule has 5 nitrogen and oxygen atoms in total. The fraction of sp³-hybridized carbons (Fsp3) is 0.370. The second kappa shape index (κ2) is 9.47. The summed E-state index contributed by atoms with van der Waals surface area (Å²) in [5.41, 5.74) is 3.13. The van der Waals surface area contributed by atoms with Crippen molar-refractivity contribution >= 4 is 34.7 Å². The lowest BCUT2D eigenvalue weighted by Gasteiger charge is -2.23. The second-order valence-electron chi connectivity index (χ2n) is 9.96. The third-order valence-electron chi connectivity index (χ3n) is 5.68. The highest BCUT2D eigenvalue weighted by Gasteiger charge is 2.34. The number of aromatic nitrogens is 1. The van der Waals surface area contributed by atoms with Crippen LogP contribution in [-0.2, 0) is 14.9 Å². The first-order chi connectivity index (χ1) is 16.1. The van der Waals surface area contributed by atoms with E-state index in [0.717, 1.165) is 10.4 Å². The Balaban J connectivity index is 1.82. The number of nitrogens with zero attached hydrogens (tertiary/aromatic N) is 2. The number of benzene rings is 1. The Kier molecular flexibility index (Phi) is 6.78. The molecular weight excluding hydrogens is 464 g/mol. The number of carbonyl (C=O) groups is 1. The molecule has 34 heavy (non-hydrogen) atoms. The Morgan fingerprint density at radius 3 is 2.50 bits per heavy atom. The molecule has 0 saturated carbocycles. The van der Waals surface area contributed by atoms with E-state index in [9.17, 15) is 9.59 Å². The van der Waals surface area contributed by atoms with Gasteiger partial charge in [-0.05, 0) is 46.9 Å². The molecule has 3 aromatic rings. The summed E-state index contributed by atoms with van der Waals surface area (Å²) in [6.45, 7) is 12.7. The summed E-state index contributed by atoms with van der Waals surface area (Å²) in [4.78, 5) is 32.9. The van der Waals surface area contributed by atoms with Crippen LogP contribution >= 0.6 is 22.7 Å². The average Bonchev–Trinajstić information content (AvgIpc) is 3.40. The zero-order chi connectivity index (χ0) is 24.6. The van der Waals surface area contributed by atoms with Crippen LogP contribution in [-0.4, -0.2) is 17.1 Å². The maximum Gasteiger partial charge on any atom is 0.338 e. The molecule has 0 saturated heterocycles. The van der Waals surface area contributed by atoms with Crippen molar-refractivity contribution < 1.29 is 9.53 Å². The molecule has 1 aliphatic heterocycles. The first-order valence-corrected chi connectivity index (χ1v) is 13.1. The lowest BCUT2D eigenvalue weighted by atomic mass is 9.87. The van der Waals surface area contributed by atoms with Gasteiger partial charge >= 0.3 is 5.97 Å². The summed E-state index contributed by atoms with van der Waals surface area (Å²) in [6, 6.07) is 11.6. The zero-order valence-corrected chi connectivity index (χ0v) is 22.0. The Hall–Kier alpha value is -2.77. The van der Waals surface area contributed by atoms with Crippen molar-refractivity contribution in [1.29, 1.82) is 0 Å². The molecule has 7 heteroatoms. The summed E-state index contributed by atoms with van der Waals surface area (Å²) in [5.74, 6) is -0.198. The standard InChI is InChI=1S/C27H30N2O3S2/c1-16(2)15-32-25(31)22-17(3)28-26-29(23(22)20-8-7-13-33-20)24(30)21(34-26)14-18-9-11-19(12-10-18)27(4,5)6/h7-14,16,23H,15H2,1-6H3. The largest absolute Gasteiger partial charge is 0.462 e. The minimum atomic E-state index is -0.540. The van der Waals surface area contributed by atoms with E-state index in [1.165, 1.54) is 28.2 Å². The molecule has 0 N–H and O–H groups in total. The second-order valence-corrected chi connectivity index (χ2v) is 11.9. The quantitative estimate of drug-likeness (QED) is 0.479.